The Bertz CT molecular complexity index is 1220. The number of aliphatic hydroxyl groups excluding tert-OH is 1. The maximum Gasteiger partial charge on any atom is 0.143 e. The second-order valence-electron chi connectivity index (χ2n) is 8.80. The van der Waals surface area contributed by atoms with Crippen molar-refractivity contribution < 1.29 is 9.63 Å². The molecule has 2 aliphatic carbocycles. The largest absolute Gasteiger partial charge is 0.394 e. The molecule has 0 fully saturated rings. The molecular formula is C24H25N5O2. The summed E-state index contributed by atoms with van der Waals surface area (Å²) in [6.07, 6.45) is 8.57. The second-order valence-corrected chi connectivity index (χ2v) is 8.80. The van der Waals surface area contributed by atoms with Gasteiger partial charge in [0.15, 0.2) is 0 Å². The van der Waals surface area contributed by atoms with Crippen LogP contribution in [-0.2, 0) is 24.8 Å². The molecule has 7 nitrogen and oxygen atoms in total. The zero-order valence-electron chi connectivity index (χ0n) is 17.5. The highest BCUT2D eigenvalue weighted by molar-refractivity contribution is 5.65. The van der Waals surface area contributed by atoms with E-state index < -0.39 is 0 Å². The zero-order chi connectivity index (χ0) is 21.0. The van der Waals surface area contributed by atoms with Gasteiger partial charge in [-0.2, -0.15) is 10.2 Å². The van der Waals surface area contributed by atoms with Crippen LogP contribution >= 0.6 is 0 Å². The second kappa shape index (κ2) is 6.92. The third kappa shape index (κ3) is 2.59. The molecule has 3 aromatic heterocycles. The van der Waals surface area contributed by atoms with Gasteiger partial charge < -0.3 is 9.63 Å². The van der Waals surface area contributed by atoms with E-state index in [1.54, 1.807) is 4.68 Å². The van der Waals surface area contributed by atoms with Crippen LogP contribution in [0.2, 0.25) is 0 Å². The summed E-state index contributed by atoms with van der Waals surface area (Å²) in [7, 11) is 0. The van der Waals surface area contributed by atoms with Crippen molar-refractivity contribution in [2.24, 2.45) is 5.92 Å². The summed E-state index contributed by atoms with van der Waals surface area (Å²) in [6.45, 7) is 2.82. The molecule has 0 unspecified atom stereocenters. The fourth-order valence-electron chi connectivity index (χ4n) is 6.00. The molecule has 0 aliphatic heterocycles. The predicted molar refractivity (Wildman–Crippen MR) is 115 cm³/mol. The smallest absolute Gasteiger partial charge is 0.143 e. The maximum absolute atomic E-state index is 9.23. The first-order valence-electron chi connectivity index (χ1n) is 10.9. The van der Waals surface area contributed by atoms with Crippen molar-refractivity contribution in [2.75, 3.05) is 6.61 Å². The molecule has 0 amide bonds. The van der Waals surface area contributed by atoms with Crippen molar-refractivity contribution in [1.82, 2.24) is 25.1 Å². The number of benzene rings is 1. The highest BCUT2D eigenvalue weighted by atomic mass is 16.5. The number of hydrogen-bond donors (Lipinski definition) is 2. The fourth-order valence-corrected chi connectivity index (χ4v) is 6.00. The van der Waals surface area contributed by atoms with Gasteiger partial charge in [0.05, 0.1) is 36.9 Å². The number of hydrogen-bond acceptors (Lipinski definition) is 5. The van der Waals surface area contributed by atoms with Crippen LogP contribution in [0.25, 0.3) is 11.3 Å². The molecule has 1 aromatic carbocycles. The molecule has 158 valence electrons. The van der Waals surface area contributed by atoms with E-state index in [1.165, 1.54) is 16.7 Å². The lowest BCUT2D eigenvalue weighted by Crippen LogP contribution is -2.47. The minimum atomic E-state index is -0.220. The van der Waals surface area contributed by atoms with Gasteiger partial charge in [-0.05, 0) is 30.7 Å². The van der Waals surface area contributed by atoms with Gasteiger partial charge >= 0.3 is 0 Å². The first-order valence-corrected chi connectivity index (χ1v) is 10.9. The third-order valence-corrected chi connectivity index (χ3v) is 7.33. The van der Waals surface area contributed by atoms with Crippen molar-refractivity contribution in [3.63, 3.8) is 0 Å². The summed E-state index contributed by atoms with van der Waals surface area (Å²) in [5.74, 6) is 1.68. The molecule has 3 atom stereocenters. The summed E-state index contributed by atoms with van der Waals surface area (Å²) in [6, 6.07) is 10.8. The molecule has 6 rings (SSSR count). The van der Waals surface area contributed by atoms with Gasteiger partial charge in [-0.1, -0.05) is 42.4 Å². The average Bonchev–Trinajstić information content (AvgIpc) is 3.54. The molecule has 0 saturated carbocycles. The maximum atomic E-state index is 9.23. The van der Waals surface area contributed by atoms with Crippen LogP contribution in [0.15, 0.2) is 53.4 Å². The van der Waals surface area contributed by atoms with Crippen molar-refractivity contribution in [3.8, 4) is 11.3 Å². The first-order chi connectivity index (χ1) is 15.2. The minimum absolute atomic E-state index is 0.0694. The highest BCUT2D eigenvalue weighted by Gasteiger charge is 2.54. The van der Waals surface area contributed by atoms with Crippen molar-refractivity contribution in [2.45, 2.75) is 44.1 Å². The van der Waals surface area contributed by atoms with E-state index >= 15 is 0 Å². The van der Waals surface area contributed by atoms with Gasteiger partial charge in [-0.15, -0.1) is 0 Å². The van der Waals surface area contributed by atoms with Gasteiger partial charge in [0.2, 0.25) is 0 Å². The number of H-pyrrole nitrogens is 1. The monoisotopic (exact) mass is 415 g/mol. The zero-order valence-corrected chi connectivity index (χ0v) is 17.5. The Morgan fingerprint density at radius 2 is 2.13 bits per heavy atom. The van der Waals surface area contributed by atoms with Crippen LogP contribution in [0.4, 0.5) is 0 Å². The van der Waals surface area contributed by atoms with E-state index in [-0.39, 0.29) is 17.9 Å². The van der Waals surface area contributed by atoms with Crippen molar-refractivity contribution in [3.05, 3.63) is 77.1 Å². The molecular weight excluding hydrogens is 390 g/mol. The number of aromatic amines is 1. The van der Waals surface area contributed by atoms with Crippen LogP contribution in [-0.4, -0.2) is 36.8 Å². The summed E-state index contributed by atoms with van der Waals surface area (Å²) in [5.41, 5.74) is 6.72. The Balaban J connectivity index is 1.55. The molecule has 3 heterocycles. The Kier molecular flexibility index (Phi) is 4.14. The van der Waals surface area contributed by atoms with Crippen LogP contribution in [0.3, 0.4) is 0 Å². The SMILES string of the molecule is C[C@@H]1c2oncc2C[C@]2(c3ccccc3)c3n[nH]c(-c4cnn(CCO)c4)c3CC[C@@H]12. The highest BCUT2D eigenvalue weighted by Crippen LogP contribution is 2.57. The van der Waals surface area contributed by atoms with E-state index in [9.17, 15) is 5.11 Å². The third-order valence-electron chi connectivity index (χ3n) is 7.33. The molecule has 4 aromatic rings. The van der Waals surface area contributed by atoms with Crippen LogP contribution in [0, 0.1) is 5.92 Å². The van der Waals surface area contributed by atoms with Crippen LogP contribution < -0.4 is 0 Å². The summed E-state index contributed by atoms with van der Waals surface area (Å²) in [4.78, 5) is 0. The standard InChI is InChI=1S/C24H25N5O2/c1-15-20-8-7-19-21(17-12-25-29(14-17)9-10-30)27-28-23(19)24(20,18-5-3-2-4-6-18)11-16-13-26-31-22(15)16/h2-6,12-15,20,30H,7-11H2,1H3,(H,27,28)/t15-,20-,24+/m0/s1. The Labute approximate surface area is 180 Å². The topological polar surface area (TPSA) is 92.8 Å². The molecule has 31 heavy (non-hydrogen) atoms. The van der Waals surface area contributed by atoms with E-state index in [0.717, 1.165) is 42.0 Å². The minimum Gasteiger partial charge on any atom is -0.394 e. The Morgan fingerprint density at radius 1 is 1.26 bits per heavy atom. The fraction of sp³-hybridized carbons (Fsp3) is 0.375. The van der Waals surface area contributed by atoms with Gasteiger partial charge in [0.1, 0.15) is 5.76 Å². The average molecular weight is 415 g/mol. The number of fused-ring (bicyclic) bond motifs is 4. The molecule has 0 spiro atoms. The molecule has 2 aliphatic rings. The summed E-state index contributed by atoms with van der Waals surface area (Å²) in [5, 5.41) is 26.1. The van der Waals surface area contributed by atoms with Crippen molar-refractivity contribution in [1.29, 1.82) is 0 Å². The van der Waals surface area contributed by atoms with E-state index in [0.29, 0.717) is 12.5 Å². The van der Waals surface area contributed by atoms with Crippen LogP contribution in [0.5, 0.6) is 0 Å². The lowest BCUT2D eigenvalue weighted by atomic mass is 9.53. The van der Waals surface area contributed by atoms with Gasteiger partial charge in [0.25, 0.3) is 0 Å². The van der Waals surface area contributed by atoms with E-state index in [2.05, 4.69) is 52.6 Å². The number of nitrogens with one attached hydrogen (secondary N) is 1. The van der Waals surface area contributed by atoms with Gasteiger partial charge in [0, 0.05) is 34.2 Å². The number of nitrogens with zero attached hydrogens (tertiary/aromatic N) is 4. The first kappa shape index (κ1) is 18.6. The predicted octanol–water partition coefficient (Wildman–Crippen LogP) is 3.46. The normalized spacial score (nSPS) is 24.5. The number of aliphatic hydroxyl groups is 1. The van der Waals surface area contributed by atoms with Crippen molar-refractivity contribution >= 4 is 0 Å². The lowest BCUT2D eigenvalue weighted by molar-refractivity contribution is 0.190. The lowest BCUT2D eigenvalue weighted by Gasteiger charge is -2.48. The molecule has 7 heteroatoms. The Morgan fingerprint density at radius 3 is 2.97 bits per heavy atom. The van der Waals surface area contributed by atoms with E-state index in [1.807, 2.05) is 18.6 Å². The quantitative estimate of drug-likeness (QED) is 0.532. The van der Waals surface area contributed by atoms with Gasteiger partial charge in [-0.25, -0.2) is 0 Å². The molecule has 2 N–H and O–H groups in total. The molecule has 0 bridgehead atoms. The summed E-state index contributed by atoms with van der Waals surface area (Å²) >= 11 is 0. The number of aromatic nitrogens is 5. The van der Waals surface area contributed by atoms with Gasteiger partial charge in [-0.3, -0.25) is 9.78 Å². The van der Waals surface area contributed by atoms with Crippen LogP contribution in [0.1, 0.15) is 47.4 Å². The Hall–Kier alpha value is -3.19. The number of rotatable bonds is 4. The molecule has 0 radical (unpaired) electrons. The summed E-state index contributed by atoms with van der Waals surface area (Å²) < 4.78 is 7.45. The van der Waals surface area contributed by atoms with E-state index in [4.69, 9.17) is 9.62 Å². The molecule has 0 saturated heterocycles.